The number of hydrogen-bond acceptors (Lipinski definition) is 3. The molecule has 0 atom stereocenters. The van der Waals surface area contributed by atoms with Crippen molar-refractivity contribution in [2.45, 2.75) is 27.2 Å². The first-order chi connectivity index (χ1) is 7.19. The number of nitriles is 1. The van der Waals surface area contributed by atoms with Gasteiger partial charge in [0.15, 0.2) is 0 Å². The second-order valence-corrected chi connectivity index (χ2v) is 3.43. The molecule has 0 radical (unpaired) electrons. The highest BCUT2D eigenvalue weighted by Gasteiger charge is 2.13. The third-order valence-electron chi connectivity index (χ3n) is 2.31. The maximum Gasteiger partial charge on any atom is 0.236 e. The summed E-state index contributed by atoms with van der Waals surface area (Å²) in [4.78, 5) is 15.4. The van der Waals surface area contributed by atoms with E-state index in [0.29, 0.717) is 13.1 Å². The van der Waals surface area contributed by atoms with Gasteiger partial charge in [-0.05, 0) is 26.8 Å². The Morgan fingerprint density at radius 1 is 1.27 bits per heavy atom. The van der Waals surface area contributed by atoms with Gasteiger partial charge in [-0.15, -0.1) is 0 Å². The molecule has 0 aliphatic heterocycles. The molecule has 0 aliphatic rings. The van der Waals surface area contributed by atoms with E-state index in [1.54, 1.807) is 4.90 Å². The van der Waals surface area contributed by atoms with Crippen LogP contribution in [0.25, 0.3) is 0 Å². The van der Waals surface area contributed by atoms with Crippen LogP contribution in [0.4, 0.5) is 0 Å². The Bertz CT molecular complexity index is 218. The number of carbonyl (C=O) groups is 1. The average Bonchev–Trinajstić information content (AvgIpc) is 2.20. The lowest BCUT2D eigenvalue weighted by Crippen LogP contribution is -2.40. The molecule has 0 saturated heterocycles. The van der Waals surface area contributed by atoms with Crippen molar-refractivity contribution < 1.29 is 4.79 Å². The van der Waals surface area contributed by atoms with Crippen molar-refractivity contribution in [1.82, 2.24) is 9.80 Å². The quantitative estimate of drug-likeness (QED) is 0.592. The van der Waals surface area contributed by atoms with Gasteiger partial charge in [0, 0.05) is 13.1 Å². The van der Waals surface area contributed by atoms with E-state index in [0.717, 1.165) is 26.1 Å². The molecule has 0 aromatic heterocycles. The maximum atomic E-state index is 11.7. The number of nitrogens with zero attached hydrogens (tertiary/aromatic N) is 3. The minimum atomic E-state index is 0.115. The lowest BCUT2D eigenvalue weighted by Gasteiger charge is -2.23. The molecule has 0 heterocycles. The Labute approximate surface area is 92.5 Å². The van der Waals surface area contributed by atoms with Gasteiger partial charge in [-0.1, -0.05) is 6.92 Å². The van der Waals surface area contributed by atoms with Crippen molar-refractivity contribution in [3.63, 3.8) is 0 Å². The van der Waals surface area contributed by atoms with Crippen molar-refractivity contribution in [2.75, 3.05) is 32.7 Å². The van der Waals surface area contributed by atoms with Crippen molar-refractivity contribution in [2.24, 2.45) is 0 Å². The normalized spacial score (nSPS) is 10.1. The highest BCUT2D eigenvalue weighted by molar-refractivity contribution is 5.78. The summed E-state index contributed by atoms with van der Waals surface area (Å²) in [6.45, 7) is 8.96. The topological polar surface area (TPSA) is 47.3 Å². The Morgan fingerprint density at radius 2 is 1.87 bits per heavy atom. The van der Waals surface area contributed by atoms with Gasteiger partial charge in [-0.2, -0.15) is 5.26 Å². The fraction of sp³-hybridized carbons (Fsp3) is 0.818. The molecule has 86 valence electrons. The fourth-order valence-corrected chi connectivity index (χ4v) is 1.50. The highest BCUT2D eigenvalue weighted by atomic mass is 16.2. The average molecular weight is 211 g/mol. The van der Waals surface area contributed by atoms with Gasteiger partial charge in [0.25, 0.3) is 0 Å². The van der Waals surface area contributed by atoms with Crippen LogP contribution >= 0.6 is 0 Å². The van der Waals surface area contributed by atoms with Crippen LogP contribution in [-0.2, 0) is 4.79 Å². The Kier molecular flexibility index (Phi) is 7.65. The van der Waals surface area contributed by atoms with Gasteiger partial charge in [0.2, 0.25) is 5.91 Å². The molecule has 0 rings (SSSR count). The number of hydrogen-bond donors (Lipinski definition) is 0. The van der Waals surface area contributed by atoms with Crippen LogP contribution in [0.2, 0.25) is 0 Å². The predicted octanol–water partition coefficient (Wildman–Crippen LogP) is 1.09. The molecule has 0 bridgehead atoms. The summed E-state index contributed by atoms with van der Waals surface area (Å²) in [5.74, 6) is 0.115. The van der Waals surface area contributed by atoms with Gasteiger partial charge in [0.05, 0.1) is 19.2 Å². The Hall–Kier alpha value is -1.08. The summed E-state index contributed by atoms with van der Waals surface area (Å²) in [5.41, 5.74) is 0. The van der Waals surface area contributed by atoms with Crippen molar-refractivity contribution in [3.05, 3.63) is 0 Å². The van der Waals surface area contributed by atoms with E-state index in [4.69, 9.17) is 5.26 Å². The molecule has 0 spiro atoms. The summed E-state index contributed by atoms with van der Waals surface area (Å²) in [6.07, 6.45) is 0.965. The number of likely N-dealkylation sites (N-methyl/N-ethyl adjacent to an activating group) is 1. The van der Waals surface area contributed by atoms with Crippen LogP contribution in [0.1, 0.15) is 27.2 Å². The molecular weight excluding hydrogens is 190 g/mol. The maximum absolute atomic E-state index is 11.7. The lowest BCUT2D eigenvalue weighted by atomic mass is 10.3. The van der Waals surface area contributed by atoms with Crippen molar-refractivity contribution in [1.29, 1.82) is 5.26 Å². The standard InChI is InChI=1S/C11H21N3O/c1-4-8-13(9-7-12)10-11(15)14(5-2)6-3/h4-6,8-10H2,1-3H3. The van der Waals surface area contributed by atoms with Gasteiger partial charge >= 0.3 is 0 Å². The van der Waals surface area contributed by atoms with Crippen LogP contribution in [0.15, 0.2) is 0 Å². The third-order valence-corrected chi connectivity index (χ3v) is 2.31. The number of rotatable bonds is 7. The molecule has 0 saturated carbocycles. The highest BCUT2D eigenvalue weighted by Crippen LogP contribution is 1.95. The van der Waals surface area contributed by atoms with Crippen molar-refractivity contribution >= 4 is 5.91 Å². The molecule has 4 heteroatoms. The van der Waals surface area contributed by atoms with Crippen LogP contribution in [0, 0.1) is 11.3 Å². The first-order valence-electron chi connectivity index (χ1n) is 5.56. The number of amides is 1. The minimum Gasteiger partial charge on any atom is -0.342 e. The van der Waals surface area contributed by atoms with Gasteiger partial charge in [0.1, 0.15) is 0 Å². The predicted molar refractivity (Wildman–Crippen MR) is 60.3 cm³/mol. The van der Waals surface area contributed by atoms with E-state index >= 15 is 0 Å². The molecule has 0 unspecified atom stereocenters. The summed E-state index contributed by atoms with van der Waals surface area (Å²) >= 11 is 0. The van der Waals surface area contributed by atoms with Crippen molar-refractivity contribution in [3.8, 4) is 6.07 Å². The molecule has 0 aromatic carbocycles. The molecule has 1 amide bonds. The van der Waals surface area contributed by atoms with Crippen LogP contribution in [0.3, 0.4) is 0 Å². The zero-order valence-corrected chi connectivity index (χ0v) is 9.99. The summed E-state index contributed by atoms with van der Waals surface area (Å²) in [5, 5.41) is 8.61. The lowest BCUT2D eigenvalue weighted by molar-refractivity contribution is -0.131. The molecule has 15 heavy (non-hydrogen) atoms. The Morgan fingerprint density at radius 3 is 2.27 bits per heavy atom. The summed E-state index contributed by atoms with van der Waals surface area (Å²) in [6, 6.07) is 2.09. The molecule has 0 N–H and O–H groups in total. The zero-order chi connectivity index (χ0) is 11.7. The molecule has 0 fully saturated rings. The molecule has 4 nitrogen and oxygen atoms in total. The van der Waals surface area contributed by atoms with Gasteiger partial charge in [-0.3, -0.25) is 9.69 Å². The molecule has 0 aromatic rings. The number of carbonyl (C=O) groups excluding carboxylic acids is 1. The Balaban J connectivity index is 4.15. The summed E-state index contributed by atoms with van der Waals surface area (Å²) < 4.78 is 0. The van der Waals surface area contributed by atoms with E-state index in [-0.39, 0.29) is 5.91 Å². The first-order valence-corrected chi connectivity index (χ1v) is 5.56. The van der Waals surface area contributed by atoms with Gasteiger partial charge in [-0.25, -0.2) is 0 Å². The third kappa shape index (κ3) is 5.38. The van der Waals surface area contributed by atoms with Crippen LogP contribution in [-0.4, -0.2) is 48.4 Å². The van der Waals surface area contributed by atoms with Crippen LogP contribution < -0.4 is 0 Å². The zero-order valence-electron chi connectivity index (χ0n) is 9.99. The second-order valence-electron chi connectivity index (χ2n) is 3.43. The van der Waals surface area contributed by atoms with E-state index in [1.165, 1.54) is 0 Å². The van der Waals surface area contributed by atoms with E-state index in [9.17, 15) is 4.79 Å². The monoisotopic (exact) mass is 211 g/mol. The van der Waals surface area contributed by atoms with E-state index in [1.807, 2.05) is 25.7 Å². The molecular formula is C11H21N3O. The fourth-order valence-electron chi connectivity index (χ4n) is 1.50. The minimum absolute atomic E-state index is 0.115. The smallest absolute Gasteiger partial charge is 0.236 e. The molecule has 0 aliphatic carbocycles. The summed E-state index contributed by atoms with van der Waals surface area (Å²) in [7, 11) is 0. The second kappa shape index (κ2) is 8.25. The van der Waals surface area contributed by atoms with E-state index in [2.05, 4.69) is 6.07 Å². The van der Waals surface area contributed by atoms with E-state index < -0.39 is 0 Å². The first kappa shape index (κ1) is 13.9. The van der Waals surface area contributed by atoms with Gasteiger partial charge < -0.3 is 4.90 Å². The SMILES string of the molecule is CCCN(CC#N)CC(=O)N(CC)CC. The van der Waals surface area contributed by atoms with Crippen LogP contribution in [0.5, 0.6) is 0 Å². The largest absolute Gasteiger partial charge is 0.342 e.